The molecule has 124 valence electrons. The lowest BCUT2D eigenvalue weighted by Crippen LogP contribution is -2.08. The van der Waals surface area contributed by atoms with Gasteiger partial charge in [0.25, 0.3) is 0 Å². The topological polar surface area (TPSA) is 55.6 Å². The van der Waals surface area contributed by atoms with Gasteiger partial charge in [-0.3, -0.25) is 0 Å². The standard InChI is InChI=1S/C19H16FN5/c1-13(14-5-3-2-4-6-14)24-18-17-11-23-25(19(17)22-12-21-18)16-9-7-15(20)8-10-16/h2-13H,1H3,(H,21,22,24)/t13-/m1/s1. The minimum absolute atomic E-state index is 0.0912. The van der Waals surface area contributed by atoms with Crippen molar-refractivity contribution in [2.24, 2.45) is 0 Å². The summed E-state index contributed by atoms with van der Waals surface area (Å²) in [6, 6.07) is 16.4. The van der Waals surface area contributed by atoms with Crippen LogP contribution in [0.5, 0.6) is 0 Å². The third-order valence-electron chi connectivity index (χ3n) is 4.09. The van der Waals surface area contributed by atoms with Crippen LogP contribution in [0.1, 0.15) is 18.5 Å². The molecule has 0 radical (unpaired) electrons. The Balaban J connectivity index is 1.71. The van der Waals surface area contributed by atoms with Gasteiger partial charge in [0.1, 0.15) is 18.0 Å². The second-order valence-corrected chi connectivity index (χ2v) is 5.77. The van der Waals surface area contributed by atoms with Gasteiger partial charge in [-0.15, -0.1) is 0 Å². The van der Waals surface area contributed by atoms with E-state index >= 15 is 0 Å². The Kier molecular flexibility index (Phi) is 3.85. The van der Waals surface area contributed by atoms with Gasteiger partial charge in [0, 0.05) is 6.04 Å². The third-order valence-corrected chi connectivity index (χ3v) is 4.09. The Morgan fingerprint density at radius 1 is 1.00 bits per heavy atom. The number of rotatable bonds is 4. The fraction of sp³-hybridized carbons (Fsp3) is 0.105. The zero-order valence-corrected chi connectivity index (χ0v) is 13.6. The van der Waals surface area contributed by atoms with Crippen LogP contribution in [-0.2, 0) is 0 Å². The minimum atomic E-state index is -0.283. The number of nitrogens with one attached hydrogen (secondary N) is 1. The van der Waals surface area contributed by atoms with Crippen LogP contribution in [-0.4, -0.2) is 19.7 Å². The van der Waals surface area contributed by atoms with Crippen molar-refractivity contribution in [1.29, 1.82) is 0 Å². The van der Waals surface area contributed by atoms with Crippen LogP contribution in [0.25, 0.3) is 16.7 Å². The van der Waals surface area contributed by atoms with Crippen molar-refractivity contribution in [3.05, 3.63) is 78.5 Å². The smallest absolute Gasteiger partial charge is 0.168 e. The number of anilines is 1. The Hall–Kier alpha value is -3.28. The maximum absolute atomic E-state index is 13.1. The Labute approximate surface area is 144 Å². The molecule has 0 aliphatic rings. The Bertz CT molecular complexity index is 995. The number of fused-ring (bicyclic) bond motifs is 1. The molecule has 0 saturated carbocycles. The van der Waals surface area contributed by atoms with Gasteiger partial charge in [0.05, 0.1) is 17.3 Å². The summed E-state index contributed by atoms with van der Waals surface area (Å²) in [7, 11) is 0. The number of nitrogens with zero attached hydrogens (tertiary/aromatic N) is 4. The van der Waals surface area contributed by atoms with Crippen LogP contribution in [0.2, 0.25) is 0 Å². The largest absolute Gasteiger partial charge is 0.363 e. The van der Waals surface area contributed by atoms with E-state index in [1.165, 1.54) is 24.0 Å². The zero-order chi connectivity index (χ0) is 17.2. The maximum Gasteiger partial charge on any atom is 0.168 e. The van der Waals surface area contributed by atoms with Crippen LogP contribution in [0.15, 0.2) is 67.1 Å². The highest BCUT2D eigenvalue weighted by molar-refractivity contribution is 5.87. The lowest BCUT2D eigenvalue weighted by Gasteiger charge is -2.15. The van der Waals surface area contributed by atoms with E-state index in [4.69, 9.17) is 0 Å². The van der Waals surface area contributed by atoms with Gasteiger partial charge in [-0.1, -0.05) is 30.3 Å². The summed E-state index contributed by atoms with van der Waals surface area (Å²) in [5.74, 6) is 0.434. The van der Waals surface area contributed by atoms with Crippen LogP contribution >= 0.6 is 0 Å². The van der Waals surface area contributed by atoms with Crippen LogP contribution in [0.4, 0.5) is 10.2 Å². The highest BCUT2D eigenvalue weighted by atomic mass is 19.1. The molecule has 1 atom stereocenters. The molecule has 0 aliphatic carbocycles. The van der Waals surface area contributed by atoms with Crippen molar-refractivity contribution in [2.45, 2.75) is 13.0 Å². The number of aromatic nitrogens is 4. The SMILES string of the molecule is C[C@@H](Nc1ncnc2c1cnn2-c1ccc(F)cc1)c1ccccc1. The molecule has 0 fully saturated rings. The Morgan fingerprint density at radius 3 is 2.52 bits per heavy atom. The average molecular weight is 333 g/mol. The van der Waals surface area contributed by atoms with Crippen LogP contribution in [0.3, 0.4) is 0 Å². The van der Waals surface area contributed by atoms with Crippen LogP contribution < -0.4 is 5.32 Å². The summed E-state index contributed by atoms with van der Waals surface area (Å²) >= 11 is 0. The van der Waals surface area contributed by atoms with Gasteiger partial charge in [0.15, 0.2) is 5.65 Å². The van der Waals surface area contributed by atoms with Crippen molar-refractivity contribution in [3.63, 3.8) is 0 Å². The first-order valence-electron chi connectivity index (χ1n) is 7.98. The molecule has 0 amide bonds. The number of hydrogen-bond donors (Lipinski definition) is 1. The van der Waals surface area contributed by atoms with E-state index < -0.39 is 0 Å². The summed E-state index contributed by atoms with van der Waals surface area (Å²) in [5, 5.41) is 8.61. The molecule has 0 unspecified atom stereocenters. The second-order valence-electron chi connectivity index (χ2n) is 5.77. The van der Waals surface area contributed by atoms with E-state index in [1.54, 1.807) is 23.0 Å². The number of halogens is 1. The molecule has 0 aliphatic heterocycles. The first-order chi connectivity index (χ1) is 12.2. The summed E-state index contributed by atoms with van der Waals surface area (Å²) < 4.78 is 14.8. The predicted molar refractivity (Wildman–Crippen MR) is 95.1 cm³/mol. The lowest BCUT2D eigenvalue weighted by atomic mass is 10.1. The first-order valence-corrected chi connectivity index (χ1v) is 7.98. The molecule has 0 spiro atoms. The number of benzene rings is 2. The monoisotopic (exact) mass is 333 g/mol. The average Bonchev–Trinajstić information content (AvgIpc) is 3.08. The highest BCUT2D eigenvalue weighted by Crippen LogP contribution is 2.25. The molecule has 4 aromatic rings. The molecular weight excluding hydrogens is 317 g/mol. The maximum atomic E-state index is 13.1. The number of hydrogen-bond acceptors (Lipinski definition) is 4. The summed E-state index contributed by atoms with van der Waals surface area (Å²) in [6.45, 7) is 2.08. The van der Waals surface area contributed by atoms with Crippen molar-refractivity contribution >= 4 is 16.9 Å². The quantitative estimate of drug-likeness (QED) is 0.610. The molecule has 0 bridgehead atoms. The van der Waals surface area contributed by atoms with Gasteiger partial charge in [-0.25, -0.2) is 19.0 Å². The van der Waals surface area contributed by atoms with Crippen LogP contribution in [0, 0.1) is 5.82 Å². The molecule has 2 aromatic carbocycles. The molecule has 2 aromatic heterocycles. The molecule has 6 heteroatoms. The summed E-state index contributed by atoms with van der Waals surface area (Å²) in [4.78, 5) is 8.69. The van der Waals surface area contributed by atoms with Gasteiger partial charge in [0.2, 0.25) is 0 Å². The van der Waals surface area contributed by atoms with Gasteiger partial charge < -0.3 is 5.32 Å². The minimum Gasteiger partial charge on any atom is -0.363 e. The lowest BCUT2D eigenvalue weighted by molar-refractivity contribution is 0.627. The van der Waals surface area contributed by atoms with Crippen molar-refractivity contribution < 1.29 is 4.39 Å². The molecular formula is C19H16FN5. The third kappa shape index (κ3) is 2.94. The summed E-state index contributed by atoms with van der Waals surface area (Å²) in [6.07, 6.45) is 3.23. The molecule has 25 heavy (non-hydrogen) atoms. The van der Waals surface area contributed by atoms with E-state index in [0.29, 0.717) is 5.65 Å². The zero-order valence-electron chi connectivity index (χ0n) is 13.6. The van der Waals surface area contributed by atoms with E-state index in [-0.39, 0.29) is 11.9 Å². The van der Waals surface area contributed by atoms with E-state index in [1.807, 2.05) is 18.2 Å². The molecule has 1 N–H and O–H groups in total. The predicted octanol–water partition coefficient (Wildman–Crippen LogP) is 4.13. The summed E-state index contributed by atoms with van der Waals surface area (Å²) in [5.41, 5.74) is 2.58. The van der Waals surface area contributed by atoms with E-state index in [9.17, 15) is 4.39 Å². The fourth-order valence-electron chi connectivity index (χ4n) is 2.76. The highest BCUT2D eigenvalue weighted by Gasteiger charge is 2.13. The van der Waals surface area contributed by atoms with Gasteiger partial charge >= 0.3 is 0 Å². The van der Waals surface area contributed by atoms with Crippen molar-refractivity contribution in [2.75, 3.05) is 5.32 Å². The van der Waals surface area contributed by atoms with Gasteiger partial charge in [-0.05, 0) is 36.8 Å². The molecule has 2 heterocycles. The van der Waals surface area contributed by atoms with E-state index in [0.717, 1.165) is 16.9 Å². The molecule has 0 saturated heterocycles. The van der Waals surface area contributed by atoms with Crippen molar-refractivity contribution in [1.82, 2.24) is 19.7 Å². The van der Waals surface area contributed by atoms with E-state index in [2.05, 4.69) is 39.4 Å². The van der Waals surface area contributed by atoms with Crippen molar-refractivity contribution in [3.8, 4) is 5.69 Å². The first kappa shape index (κ1) is 15.3. The fourth-order valence-corrected chi connectivity index (χ4v) is 2.76. The normalized spacial score (nSPS) is 12.2. The molecule has 4 rings (SSSR count). The Morgan fingerprint density at radius 2 is 1.76 bits per heavy atom. The van der Waals surface area contributed by atoms with Gasteiger partial charge in [-0.2, -0.15) is 5.10 Å². The second kappa shape index (κ2) is 6.32. The molecule has 5 nitrogen and oxygen atoms in total.